The number of carbonyl (C=O) groups is 1. The van der Waals surface area contributed by atoms with E-state index in [0.717, 1.165) is 24.9 Å². The number of hydrogen-bond acceptors (Lipinski definition) is 6. The maximum absolute atomic E-state index is 13.2. The number of anilines is 1. The average molecular weight is 549 g/mol. The number of nitrogens with one attached hydrogen (secondary N) is 1. The van der Waals surface area contributed by atoms with Crippen LogP contribution < -0.4 is 16.2 Å². The number of halogens is 1. The van der Waals surface area contributed by atoms with Crippen molar-refractivity contribution in [3.05, 3.63) is 92.3 Å². The van der Waals surface area contributed by atoms with E-state index in [2.05, 4.69) is 31.9 Å². The summed E-state index contributed by atoms with van der Waals surface area (Å²) in [6.07, 6.45) is 1.92. The minimum atomic E-state index is -0.879. The molecule has 4 N–H and O–H groups in total. The Morgan fingerprint density at radius 2 is 1.94 bits per heavy atom. The van der Waals surface area contributed by atoms with E-state index in [1.807, 2.05) is 18.2 Å². The van der Waals surface area contributed by atoms with Crippen molar-refractivity contribution in [1.29, 1.82) is 5.26 Å². The first-order valence-electron chi connectivity index (χ1n) is 11.4. The molecule has 4 aromatic rings. The molecule has 0 amide bonds. The highest BCUT2D eigenvalue weighted by atomic mass is 79.9. The van der Waals surface area contributed by atoms with Gasteiger partial charge in [0.15, 0.2) is 0 Å². The zero-order valence-corrected chi connectivity index (χ0v) is 21.0. The fourth-order valence-corrected chi connectivity index (χ4v) is 4.57. The molecule has 0 unspecified atom stereocenters. The van der Waals surface area contributed by atoms with E-state index in [1.165, 1.54) is 0 Å². The van der Waals surface area contributed by atoms with Gasteiger partial charge < -0.3 is 20.7 Å². The molecule has 36 heavy (non-hydrogen) atoms. The van der Waals surface area contributed by atoms with E-state index < -0.39 is 5.97 Å². The Hall–Kier alpha value is -3.94. The molecule has 2 aromatic heterocycles. The molecule has 0 aliphatic carbocycles. The van der Waals surface area contributed by atoms with Crippen molar-refractivity contribution in [1.82, 2.24) is 14.5 Å². The molecule has 1 fully saturated rings. The fourth-order valence-electron chi connectivity index (χ4n) is 4.15. The molecule has 1 atom stereocenters. The van der Waals surface area contributed by atoms with Crippen LogP contribution >= 0.6 is 15.9 Å². The van der Waals surface area contributed by atoms with Gasteiger partial charge in [-0.15, -0.1) is 0 Å². The molecule has 3 heterocycles. The van der Waals surface area contributed by atoms with Gasteiger partial charge in [-0.3, -0.25) is 9.36 Å². The molecule has 2 aromatic carbocycles. The third-order valence-electron chi connectivity index (χ3n) is 5.92. The first-order valence-corrected chi connectivity index (χ1v) is 12.2. The molecule has 1 aliphatic heterocycles. The summed E-state index contributed by atoms with van der Waals surface area (Å²) in [5.74, 6) is -0.291. The standard InChI is InChI=1S/C19H19BrN6O.C7H6O2/c20-16-8-15-17(23-16)24-19(25-7-3-6-14(22)11-25)26(18(15)27)10-13-5-2-1-4-12(13)9-21;8-7(9)6-4-2-1-3-5-6/h1-2,4-5,8,14,23H,3,6-7,10-11,22H2;1-5H,(H,8,9)/t14-;/m1./s1. The van der Waals surface area contributed by atoms with Crippen LogP contribution in [-0.2, 0) is 6.54 Å². The lowest BCUT2D eigenvalue weighted by Crippen LogP contribution is -2.45. The Morgan fingerprint density at radius 3 is 2.61 bits per heavy atom. The van der Waals surface area contributed by atoms with Crippen molar-refractivity contribution in [3.63, 3.8) is 0 Å². The number of aromatic carboxylic acids is 1. The topological polar surface area (TPSA) is 141 Å². The van der Waals surface area contributed by atoms with Gasteiger partial charge in [0, 0.05) is 19.1 Å². The average Bonchev–Trinajstić information content (AvgIpc) is 3.27. The van der Waals surface area contributed by atoms with Crippen LogP contribution in [0.15, 0.2) is 70.1 Å². The molecule has 5 rings (SSSR count). The molecule has 0 radical (unpaired) electrons. The molecule has 1 aliphatic rings. The zero-order chi connectivity index (χ0) is 25.7. The van der Waals surface area contributed by atoms with Crippen LogP contribution in [-0.4, -0.2) is 44.7 Å². The normalized spacial score (nSPS) is 15.1. The summed E-state index contributed by atoms with van der Waals surface area (Å²) in [6, 6.07) is 19.6. The monoisotopic (exact) mass is 548 g/mol. The number of nitrogens with two attached hydrogens (primary N) is 1. The zero-order valence-electron chi connectivity index (χ0n) is 19.4. The molecule has 10 heteroatoms. The highest BCUT2D eigenvalue weighted by Crippen LogP contribution is 2.22. The second-order valence-electron chi connectivity index (χ2n) is 8.47. The van der Waals surface area contributed by atoms with Gasteiger partial charge in [0.25, 0.3) is 5.56 Å². The Bertz CT molecular complexity index is 1470. The number of H-pyrrole nitrogens is 1. The van der Waals surface area contributed by atoms with Gasteiger partial charge in [-0.2, -0.15) is 10.2 Å². The van der Waals surface area contributed by atoms with Crippen molar-refractivity contribution in [2.24, 2.45) is 5.73 Å². The van der Waals surface area contributed by atoms with Gasteiger partial charge in [-0.05, 0) is 58.6 Å². The van der Waals surface area contributed by atoms with Crippen LogP contribution in [0, 0.1) is 11.3 Å². The second-order valence-corrected chi connectivity index (χ2v) is 9.33. The first kappa shape index (κ1) is 25.2. The molecule has 0 bridgehead atoms. The van der Waals surface area contributed by atoms with Crippen LogP contribution in [0.5, 0.6) is 0 Å². The summed E-state index contributed by atoms with van der Waals surface area (Å²) in [5.41, 5.74) is 8.24. The lowest BCUT2D eigenvalue weighted by molar-refractivity contribution is 0.0697. The minimum Gasteiger partial charge on any atom is -0.478 e. The van der Waals surface area contributed by atoms with Crippen molar-refractivity contribution in [2.45, 2.75) is 25.4 Å². The van der Waals surface area contributed by atoms with Crippen LogP contribution in [0.3, 0.4) is 0 Å². The van der Waals surface area contributed by atoms with E-state index in [0.29, 0.717) is 39.3 Å². The number of fused-ring (bicyclic) bond motifs is 1. The predicted molar refractivity (Wildman–Crippen MR) is 141 cm³/mol. The summed E-state index contributed by atoms with van der Waals surface area (Å²) in [4.78, 5) is 33.3. The second kappa shape index (κ2) is 11.2. The van der Waals surface area contributed by atoms with Crippen LogP contribution in [0.25, 0.3) is 11.0 Å². The van der Waals surface area contributed by atoms with Crippen LogP contribution in [0.1, 0.15) is 34.3 Å². The Balaban J connectivity index is 0.000000286. The van der Waals surface area contributed by atoms with Crippen molar-refractivity contribution in [2.75, 3.05) is 18.0 Å². The summed E-state index contributed by atoms with van der Waals surface area (Å²) in [6.45, 7) is 1.74. The number of benzene rings is 2. The maximum atomic E-state index is 13.2. The quantitative estimate of drug-likeness (QED) is 0.352. The summed E-state index contributed by atoms with van der Waals surface area (Å²) >= 11 is 3.38. The molecular weight excluding hydrogens is 524 g/mol. The third kappa shape index (κ3) is 5.64. The number of piperidine rings is 1. The molecule has 9 nitrogen and oxygen atoms in total. The highest BCUT2D eigenvalue weighted by molar-refractivity contribution is 9.10. The Morgan fingerprint density at radius 1 is 1.22 bits per heavy atom. The van der Waals surface area contributed by atoms with Crippen LogP contribution in [0.2, 0.25) is 0 Å². The highest BCUT2D eigenvalue weighted by Gasteiger charge is 2.23. The van der Waals surface area contributed by atoms with Crippen molar-refractivity contribution in [3.8, 4) is 6.07 Å². The molecular formula is C26H25BrN6O3. The Labute approximate surface area is 215 Å². The van der Waals surface area contributed by atoms with E-state index in [4.69, 9.17) is 15.8 Å². The van der Waals surface area contributed by atoms with Gasteiger partial charge in [0.1, 0.15) is 5.65 Å². The number of rotatable bonds is 4. The number of carboxylic acid groups (broad SMARTS) is 1. The van der Waals surface area contributed by atoms with E-state index in [-0.39, 0.29) is 18.1 Å². The number of nitriles is 1. The van der Waals surface area contributed by atoms with E-state index in [9.17, 15) is 14.9 Å². The molecule has 1 saturated heterocycles. The van der Waals surface area contributed by atoms with Gasteiger partial charge in [-0.1, -0.05) is 36.4 Å². The number of hydrogen-bond donors (Lipinski definition) is 3. The van der Waals surface area contributed by atoms with Crippen molar-refractivity contribution >= 4 is 38.9 Å². The van der Waals surface area contributed by atoms with E-state index >= 15 is 0 Å². The maximum Gasteiger partial charge on any atom is 0.335 e. The summed E-state index contributed by atoms with van der Waals surface area (Å²) in [5, 5.41) is 18.3. The number of nitrogens with zero attached hydrogens (tertiary/aromatic N) is 4. The SMILES string of the molecule is N#Cc1ccccc1Cn1c(N2CCC[C@@H](N)C2)nc2[nH]c(Br)cc2c1=O.O=C(O)c1ccccc1. The summed E-state index contributed by atoms with van der Waals surface area (Å²) in [7, 11) is 0. The predicted octanol–water partition coefficient (Wildman–Crippen LogP) is 3.72. The van der Waals surface area contributed by atoms with Crippen molar-refractivity contribution < 1.29 is 9.90 Å². The number of carboxylic acids is 1. The summed E-state index contributed by atoms with van der Waals surface area (Å²) < 4.78 is 2.36. The molecule has 0 spiro atoms. The van der Waals surface area contributed by atoms with Gasteiger partial charge in [0.05, 0.1) is 33.7 Å². The van der Waals surface area contributed by atoms with Crippen LogP contribution in [0.4, 0.5) is 5.95 Å². The van der Waals surface area contributed by atoms with Gasteiger partial charge in [0.2, 0.25) is 5.95 Å². The number of aromatic amines is 1. The first-order chi connectivity index (χ1) is 17.4. The van der Waals surface area contributed by atoms with Gasteiger partial charge >= 0.3 is 5.97 Å². The Kier molecular flexibility index (Phi) is 7.83. The molecule has 0 saturated carbocycles. The minimum absolute atomic E-state index is 0.0570. The molecule has 184 valence electrons. The number of aromatic nitrogens is 3. The lowest BCUT2D eigenvalue weighted by Gasteiger charge is -2.33. The van der Waals surface area contributed by atoms with E-state index in [1.54, 1.807) is 47.0 Å². The largest absolute Gasteiger partial charge is 0.478 e. The smallest absolute Gasteiger partial charge is 0.335 e. The lowest BCUT2D eigenvalue weighted by atomic mass is 10.1. The fraction of sp³-hybridized carbons (Fsp3) is 0.231. The third-order valence-corrected chi connectivity index (χ3v) is 6.35. The van der Waals surface area contributed by atoms with Gasteiger partial charge in [-0.25, -0.2) is 4.79 Å².